The zero-order valence-electron chi connectivity index (χ0n) is 23.0. The van der Waals surface area contributed by atoms with E-state index < -0.39 is 0 Å². The third kappa shape index (κ3) is 7.67. The number of hydrogen-bond donors (Lipinski definition) is 2. The number of nitrogens with zero attached hydrogens (tertiary/aromatic N) is 6. The first kappa shape index (κ1) is 28.2. The number of piperazine rings is 1. The van der Waals surface area contributed by atoms with Gasteiger partial charge in [0, 0.05) is 63.2 Å². The minimum atomic E-state index is -0.153. The van der Waals surface area contributed by atoms with Gasteiger partial charge >= 0.3 is 0 Å². The van der Waals surface area contributed by atoms with Gasteiger partial charge in [0.1, 0.15) is 17.5 Å². The Morgan fingerprint density at radius 1 is 0.902 bits per heavy atom. The van der Waals surface area contributed by atoms with Gasteiger partial charge in [0.2, 0.25) is 5.91 Å². The third-order valence-corrected chi connectivity index (χ3v) is 7.70. The van der Waals surface area contributed by atoms with Crippen LogP contribution in [0.25, 0.3) is 11.3 Å². The molecule has 41 heavy (non-hydrogen) atoms. The number of aromatic nitrogens is 3. The number of thioether (sulfide) groups is 1. The molecule has 0 spiro atoms. The first-order valence-electron chi connectivity index (χ1n) is 13.5. The molecule has 0 radical (unpaired) electrons. The average molecular weight is 565 g/mol. The van der Waals surface area contributed by atoms with Crippen molar-refractivity contribution in [2.24, 2.45) is 0 Å². The Bertz CT molecular complexity index is 1530. The smallest absolute Gasteiger partial charge is 0.221 e. The predicted molar refractivity (Wildman–Crippen MR) is 162 cm³/mol. The van der Waals surface area contributed by atoms with Crippen LogP contribution in [-0.2, 0) is 23.6 Å². The first-order chi connectivity index (χ1) is 20.0. The number of benzene rings is 2. The van der Waals surface area contributed by atoms with E-state index in [4.69, 9.17) is 10.7 Å². The van der Waals surface area contributed by atoms with Crippen molar-refractivity contribution in [2.75, 3.05) is 37.2 Å². The fraction of sp³-hybridized carbons (Fsp3) is 0.258. The SMILES string of the molecule is CC(=O)Nc1ccc(-c2nc(SCc3cccc(CN4CCN(Cc5ccccc5)CC4)n3)nc(N)c2C#N)cc1. The molecule has 2 aromatic carbocycles. The lowest BCUT2D eigenvalue weighted by molar-refractivity contribution is -0.114. The lowest BCUT2D eigenvalue weighted by atomic mass is 10.1. The minimum absolute atomic E-state index is 0.138. The second-order valence-corrected chi connectivity index (χ2v) is 10.9. The maximum absolute atomic E-state index is 11.3. The number of pyridine rings is 1. The van der Waals surface area contributed by atoms with Crippen LogP contribution in [0.15, 0.2) is 78.0 Å². The molecule has 1 amide bonds. The number of nitrogen functional groups attached to an aromatic ring is 1. The van der Waals surface area contributed by atoms with Crippen molar-refractivity contribution in [1.29, 1.82) is 5.26 Å². The monoisotopic (exact) mass is 564 g/mol. The molecule has 9 nitrogen and oxygen atoms in total. The Morgan fingerprint density at radius 3 is 2.27 bits per heavy atom. The van der Waals surface area contributed by atoms with Crippen LogP contribution in [0.2, 0.25) is 0 Å². The molecule has 0 saturated carbocycles. The second-order valence-electron chi connectivity index (χ2n) is 9.93. The van der Waals surface area contributed by atoms with Crippen LogP contribution in [0.3, 0.4) is 0 Å². The van der Waals surface area contributed by atoms with Crippen molar-refractivity contribution in [3.63, 3.8) is 0 Å². The number of nitrogens with two attached hydrogens (primary N) is 1. The van der Waals surface area contributed by atoms with Crippen LogP contribution in [0.1, 0.15) is 29.4 Å². The quantitative estimate of drug-likeness (QED) is 0.222. The molecule has 208 valence electrons. The molecule has 2 aromatic heterocycles. The van der Waals surface area contributed by atoms with Crippen LogP contribution in [0.4, 0.5) is 11.5 Å². The molecule has 1 aliphatic rings. The van der Waals surface area contributed by atoms with Gasteiger partial charge in [-0.15, -0.1) is 0 Å². The van der Waals surface area contributed by atoms with Gasteiger partial charge in [-0.25, -0.2) is 9.97 Å². The molecule has 1 aliphatic heterocycles. The molecule has 0 bridgehead atoms. The van der Waals surface area contributed by atoms with E-state index in [0.717, 1.165) is 56.2 Å². The van der Waals surface area contributed by atoms with Gasteiger partial charge in [0.15, 0.2) is 5.16 Å². The molecular formula is C31H32N8OS. The Labute approximate surface area is 244 Å². The first-order valence-corrected chi connectivity index (χ1v) is 14.5. The van der Waals surface area contributed by atoms with Crippen molar-refractivity contribution >= 4 is 29.2 Å². The summed E-state index contributed by atoms with van der Waals surface area (Å²) in [6.45, 7) is 7.37. The highest BCUT2D eigenvalue weighted by Gasteiger charge is 2.18. The molecule has 3 heterocycles. The number of carbonyl (C=O) groups is 1. The van der Waals surface area contributed by atoms with E-state index in [0.29, 0.717) is 22.3 Å². The van der Waals surface area contributed by atoms with Crippen molar-refractivity contribution in [3.05, 3.63) is 95.3 Å². The van der Waals surface area contributed by atoms with Crippen molar-refractivity contribution in [2.45, 2.75) is 30.9 Å². The lowest BCUT2D eigenvalue weighted by Gasteiger charge is -2.34. The predicted octanol–water partition coefficient (Wildman–Crippen LogP) is 4.56. The maximum Gasteiger partial charge on any atom is 0.221 e. The van der Waals surface area contributed by atoms with Gasteiger partial charge < -0.3 is 11.1 Å². The molecule has 4 aromatic rings. The number of rotatable bonds is 9. The van der Waals surface area contributed by atoms with E-state index in [1.54, 1.807) is 24.3 Å². The molecule has 1 fully saturated rings. The summed E-state index contributed by atoms with van der Waals surface area (Å²) >= 11 is 1.43. The average Bonchev–Trinajstić information content (AvgIpc) is 2.98. The van der Waals surface area contributed by atoms with Gasteiger partial charge in [-0.1, -0.05) is 60.3 Å². The zero-order chi connectivity index (χ0) is 28.6. The fourth-order valence-corrected chi connectivity index (χ4v) is 5.52. The highest BCUT2D eigenvalue weighted by molar-refractivity contribution is 7.98. The van der Waals surface area contributed by atoms with E-state index in [2.05, 4.69) is 67.6 Å². The molecule has 10 heteroatoms. The second kappa shape index (κ2) is 13.4. The number of carbonyl (C=O) groups excluding carboxylic acids is 1. The van der Waals surface area contributed by atoms with Gasteiger partial charge in [0.25, 0.3) is 0 Å². The summed E-state index contributed by atoms with van der Waals surface area (Å²) in [6.07, 6.45) is 0. The highest BCUT2D eigenvalue weighted by Crippen LogP contribution is 2.29. The molecular weight excluding hydrogens is 532 g/mol. The summed E-state index contributed by atoms with van der Waals surface area (Å²) in [5.41, 5.74) is 11.5. The summed E-state index contributed by atoms with van der Waals surface area (Å²) in [5, 5.41) is 12.9. The summed E-state index contributed by atoms with van der Waals surface area (Å²) in [6, 6.07) is 26.0. The summed E-state index contributed by atoms with van der Waals surface area (Å²) in [5.74, 6) is 0.559. The molecule has 1 saturated heterocycles. The maximum atomic E-state index is 11.3. The standard InChI is InChI=1S/C31H32N8OS/c1-22(40)34-25-12-10-24(11-13-25)29-28(18-32)30(33)37-31(36-29)41-21-27-9-5-8-26(35-27)20-39-16-14-38(15-17-39)19-23-6-3-2-4-7-23/h2-13H,14-17,19-21H2,1H3,(H,34,40)(H2,33,36,37). The van der Waals surface area contributed by atoms with Gasteiger partial charge in [0.05, 0.1) is 17.1 Å². The Hall–Kier alpha value is -4.30. The fourth-order valence-electron chi connectivity index (χ4n) is 4.77. The van der Waals surface area contributed by atoms with Crippen molar-refractivity contribution in [3.8, 4) is 17.3 Å². The number of anilines is 2. The summed E-state index contributed by atoms with van der Waals surface area (Å²) < 4.78 is 0. The summed E-state index contributed by atoms with van der Waals surface area (Å²) in [4.78, 5) is 30.2. The highest BCUT2D eigenvalue weighted by atomic mass is 32.2. The molecule has 0 unspecified atom stereocenters. The van der Waals surface area contributed by atoms with Crippen LogP contribution in [0.5, 0.6) is 0 Å². The van der Waals surface area contributed by atoms with Crippen LogP contribution in [0, 0.1) is 11.3 Å². The Morgan fingerprint density at radius 2 is 1.59 bits per heavy atom. The van der Waals surface area contributed by atoms with Crippen molar-refractivity contribution in [1.82, 2.24) is 24.8 Å². The van der Waals surface area contributed by atoms with Gasteiger partial charge in [-0.05, 0) is 29.8 Å². The van der Waals surface area contributed by atoms with E-state index in [9.17, 15) is 10.1 Å². The Kier molecular flexibility index (Phi) is 9.21. The zero-order valence-corrected chi connectivity index (χ0v) is 23.8. The number of nitrogens with one attached hydrogen (secondary N) is 1. The molecule has 5 rings (SSSR count). The van der Waals surface area contributed by atoms with E-state index in [1.807, 2.05) is 12.1 Å². The molecule has 3 N–H and O–H groups in total. The largest absolute Gasteiger partial charge is 0.382 e. The lowest BCUT2D eigenvalue weighted by Crippen LogP contribution is -2.45. The number of nitriles is 1. The normalized spacial score (nSPS) is 14.0. The molecule has 0 atom stereocenters. The third-order valence-electron chi connectivity index (χ3n) is 6.82. The number of hydrogen-bond acceptors (Lipinski definition) is 9. The van der Waals surface area contributed by atoms with Gasteiger partial charge in [-0.2, -0.15) is 5.26 Å². The van der Waals surface area contributed by atoms with Crippen molar-refractivity contribution < 1.29 is 4.79 Å². The summed E-state index contributed by atoms with van der Waals surface area (Å²) in [7, 11) is 0. The van der Waals surface area contributed by atoms with Crippen LogP contribution < -0.4 is 11.1 Å². The van der Waals surface area contributed by atoms with Crippen LogP contribution in [-0.4, -0.2) is 56.8 Å². The molecule has 0 aliphatic carbocycles. The van der Waals surface area contributed by atoms with Crippen LogP contribution >= 0.6 is 11.8 Å². The van der Waals surface area contributed by atoms with E-state index in [-0.39, 0.29) is 17.3 Å². The topological polar surface area (TPSA) is 124 Å². The Balaban J connectivity index is 1.20. The minimum Gasteiger partial charge on any atom is -0.382 e. The van der Waals surface area contributed by atoms with E-state index >= 15 is 0 Å². The number of amides is 1. The van der Waals surface area contributed by atoms with Gasteiger partial charge in [-0.3, -0.25) is 19.6 Å². The van der Waals surface area contributed by atoms with E-state index in [1.165, 1.54) is 24.2 Å².